The molecule has 1 heterocycles. The lowest BCUT2D eigenvalue weighted by Crippen LogP contribution is -2.39. The third-order valence-electron chi connectivity index (χ3n) is 3.39. The van der Waals surface area contributed by atoms with Gasteiger partial charge in [0.15, 0.2) is 0 Å². The fraction of sp³-hybridized carbons (Fsp3) is 0.588. The van der Waals surface area contributed by atoms with E-state index in [1.165, 1.54) is 5.56 Å². The van der Waals surface area contributed by atoms with Crippen LogP contribution in [0.2, 0.25) is 0 Å². The Bertz CT molecular complexity index is 446. The van der Waals surface area contributed by atoms with Crippen LogP contribution < -0.4 is 5.32 Å². The maximum atomic E-state index is 10.4. The summed E-state index contributed by atoms with van der Waals surface area (Å²) in [5.41, 5.74) is 1.37. The summed E-state index contributed by atoms with van der Waals surface area (Å²) < 4.78 is 4.55. The Kier molecular flexibility index (Phi) is 6.37. The van der Waals surface area contributed by atoms with Crippen LogP contribution in [-0.2, 0) is 15.1 Å². The Balaban J connectivity index is 0.000000270. The standard InChI is InChI=1S/C12H17NO.C5H10O2/c1-10-3-2-4-11(9-10)12(14)5-7-13-8-6-12;1-5(2,3)7-4-6/h2-4,9,13-14H,5-8H2,1H3;4H,1-3H3. The average Bonchev–Trinajstić information content (AvgIpc) is 2.39. The first kappa shape index (κ1) is 17.7. The first-order valence-electron chi connectivity index (χ1n) is 7.38. The van der Waals surface area contributed by atoms with Gasteiger partial charge in [0, 0.05) is 0 Å². The summed E-state index contributed by atoms with van der Waals surface area (Å²) in [6, 6.07) is 8.20. The number of carbonyl (C=O) groups excluding carboxylic acids is 1. The molecule has 0 amide bonds. The highest BCUT2D eigenvalue weighted by Gasteiger charge is 2.30. The van der Waals surface area contributed by atoms with E-state index in [0.29, 0.717) is 6.47 Å². The van der Waals surface area contributed by atoms with Crippen molar-refractivity contribution in [1.82, 2.24) is 5.32 Å². The first-order chi connectivity index (χ1) is 9.77. The molecule has 118 valence electrons. The number of aliphatic hydroxyl groups is 1. The molecule has 1 aromatic rings. The van der Waals surface area contributed by atoms with Crippen molar-refractivity contribution in [2.24, 2.45) is 0 Å². The lowest BCUT2D eigenvalue weighted by Gasteiger charge is -2.33. The zero-order chi connectivity index (χ0) is 15.9. The van der Waals surface area contributed by atoms with Gasteiger partial charge < -0.3 is 15.2 Å². The molecule has 0 atom stereocenters. The molecular formula is C17H27NO3. The zero-order valence-corrected chi connectivity index (χ0v) is 13.5. The zero-order valence-electron chi connectivity index (χ0n) is 13.5. The molecule has 0 unspecified atom stereocenters. The summed E-state index contributed by atoms with van der Waals surface area (Å²) >= 11 is 0. The van der Waals surface area contributed by atoms with Crippen LogP contribution in [0.4, 0.5) is 0 Å². The molecule has 4 heteroatoms. The third-order valence-corrected chi connectivity index (χ3v) is 3.39. The highest BCUT2D eigenvalue weighted by Crippen LogP contribution is 2.30. The lowest BCUT2D eigenvalue weighted by atomic mass is 9.84. The van der Waals surface area contributed by atoms with E-state index in [9.17, 15) is 9.90 Å². The van der Waals surface area contributed by atoms with Gasteiger partial charge in [-0.2, -0.15) is 0 Å². The summed E-state index contributed by atoms with van der Waals surface area (Å²) in [6.07, 6.45) is 1.63. The van der Waals surface area contributed by atoms with Gasteiger partial charge in [-0.25, -0.2) is 0 Å². The molecule has 0 bridgehead atoms. The van der Waals surface area contributed by atoms with E-state index < -0.39 is 5.60 Å². The fourth-order valence-corrected chi connectivity index (χ4v) is 2.21. The van der Waals surface area contributed by atoms with Gasteiger partial charge in [-0.15, -0.1) is 0 Å². The molecule has 1 aromatic carbocycles. The van der Waals surface area contributed by atoms with E-state index >= 15 is 0 Å². The second-order valence-electron chi connectivity index (χ2n) is 6.48. The maximum absolute atomic E-state index is 10.4. The van der Waals surface area contributed by atoms with Crippen molar-refractivity contribution in [2.45, 2.75) is 51.7 Å². The van der Waals surface area contributed by atoms with E-state index in [-0.39, 0.29) is 5.60 Å². The van der Waals surface area contributed by atoms with Crippen LogP contribution >= 0.6 is 0 Å². The van der Waals surface area contributed by atoms with Crippen molar-refractivity contribution < 1.29 is 14.6 Å². The van der Waals surface area contributed by atoms with E-state index in [1.54, 1.807) is 0 Å². The van der Waals surface area contributed by atoms with E-state index in [4.69, 9.17) is 0 Å². The second-order valence-corrected chi connectivity index (χ2v) is 6.48. The maximum Gasteiger partial charge on any atom is 0.293 e. The minimum Gasteiger partial charge on any atom is -0.462 e. The van der Waals surface area contributed by atoms with Crippen molar-refractivity contribution in [2.75, 3.05) is 13.1 Å². The Labute approximate surface area is 127 Å². The molecular weight excluding hydrogens is 266 g/mol. The summed E-state index contributed by atoms with van der Waals surface area (Å²) in [5, 5.41) is 13.7. The lowest BCUT2D eigenvalue weighted by molar-refractivity contribution is -0.138. The highest BCUT2D eigenvalue weighted by molar-refractivity contribution is 5.37. The minimum absolute atomic E-state index is 0.318. The number of nitrogens with one attached hydrogen (secondary N) is 1. The van der Waals surface area contributed by atoms with Crippen LogP contribution in [0.3, 0.4) is 0 Å². The summed E-state index contributed by atoms with van der Waals surface area (Å²) in [5.74, 6) is 0. The van der Waals surface area contributed by atoms with Crippen molar-refractivity contribution in [1.29, 1.82) is 0 Å². The predicted octanol–water partition coefficient (Wildman–Crippen LogP) is 2.52. The quantitative estimate of drug-likeness (QED) is 0.823. The second kappa shape index (κ2) is 7.57. The molecule has 1 fully saturated rings. The Morgan fingerprint density at radius 3 is 2.33 bits per heavy atom. The van der Waals surface area contributed by atoms with Crippen LogP contribution in [0.5, 0.6) is 0 Å². The van der Waals surface area contributed by atoms with Gasteiger partial charge in [-0.1, -0.05) is 29.8 Å². The Morgan fingerprint density at radius 1 is 1.29 bits per heavy atom. The number of aryl methyl sites for hydroxylation is 1. The average molecular weight is 293 g/mol. The SMILES string of the molecule is CC(C)(C)OC=O.Cc1cccc(C2(O)CCNCC2)c1. The summed E-state index contributed by atoms with van der Waals surface area (Å²) in [7, 11) is 0. The number of hydrogen-bond acceptors (Lipinski definition) is 4. The van der Waals surface area contributed by atoms with Gasteiger partial charge in [0.05, 0.1) is 5.60 Å². The number of ether oxygens (including phenoxy) is 1. The smallest absolute Gasteiger partial charge is 0.293 e. The van der Waals surface area contributed by atoms with Crippen LogP contribution in [0, 0.1) is 6.92 Å². The Hall–Kier alpha value is -1.39. The van der Waals surface area contributed by atoms with Crippen LogP contribution in [0.25, 0.3) is 0 Å². The molecule has 1 aliphatic rings. The number of carbonyl (C=O) groups is 1. The van der Waals surface area contributed by atoms with E-state index in [0.717, 1.165) is 31.5 Å². The number of hydrogen-bond donors (Lipinski definition) is 2. The molecule has 0 radical (unpaired) electrons. The molecule has 2 N–H and O–H groups in total. The molecule has 1 aliphatic heterocycles. The largest absolute Gasteiger partial charge is 0.462 e. The number of piperidine rings is 1. The van der Waals surface area contributed by atoms with Crippen molar-refractivity contribution in [3.8, 4) is 0 Å². The van der Waals surface area contributed by atoms with Crippen molar-refractivity contribution >= 4 is 6.47 Å². The number of benzene rings is 1. The number of rotatable bonds is 2. The molecule has 0 spiro atoms. The molecule has 0 aliphatic carbocycles. The first-order valence-corrected chi connectivity index (χ1v) is 7.38. The van der Waals surface area contributed by atoms with Crippen LogP contribution in [0.1, 0.15) is 44.7 Å². The monoisotopic (exact) mass is 293 g/mol. The highest BCUT2D eigenvalue weighted by atomic mass is 16.5. The molecule has 0 aromatic heterocycles. The van der Waals surface area contributed by atoms with Gasteiger partial charge in [0.1, 0.15) is 5.60 Å². The van der Waals surface area contributed by atoms with Gasteiger partial charge >= 0.3 is 0 Å². The molecule has 2 rings (SSSR count). The minimum atomic E-state index is -0.600. The molecule has 4 nitrogen and oxygen atoms in total. The van der Waals surface area contributed by atoms with Crippen LogP contribution in [0.15, 0.2) is 24.3 Å². The third kappa shape index (κ3) is 6.27. The normalized spacial score (nSPS) is 17.4. The van der Waals surface area contributed by atoms with Gasteiger partial charge in [-0.3, -0.25) is 4.79 Å². The van der Waals surface area contributed by atoms with Gasteiger partial charge in [0.2, 0.25) is 0 Å². The van der Waals surface area contributed by atoms with Gasteiger partial charge in [-0.05, 0) is 59.2 Å². The van der Waals surface area contributed by atoms with Gasteiger partial charge in [0.25, 0.3) is 6.47 Å². The summed E-state index contributed by atoms with van der Waals surface area (Å²) in [4.78, 5) is 9.60. The topological polar surface area (TPSA) is 58.6 Å². The fourth-order valence-electron chi connectivity index (χ4n) is 2.21. The van der Waals surface area contributed by atoms with Crippen molar-refractivity contribution in [3.05, 3.63) is 35.4 Å². The van der Waals surface area contributed by atoms with E-state index in [1.807, 2.05) is 32.9 Å². The molecule has 0 saturated carbocycles. The predicted molar refractivity (Wildman–Crippen MR) is 84.1 cm³/mol. The van der Waals surface area contributed by atoms with E-state index in [2.05, 4.69) is 29.1 Å². The van der Waals surface area contributed by atoms with Crippen molar-refractivity contribution in [3.63, 3.8) is 0 Å². The Morgan fingerprint density at radius 2 is 1.90 bits per heavy atom. The molecule has 21 heavy (non-hydrogen) atoms. The molecule has 1 saturated heterocycles. The summed E-state index contributed by atoms with van der Waals surface area (Å²) in [6.45, 7) is 9.80. The van der Waals surface area contributed by atoms with Crippen LogP contribution in [-0.4, -0.2) is 30.3 Å².